The molecule has 66 heavy (non-hydrogen) atoms. The Bertz CT molecular complexity index is 3680. The van der Waals surface area contributed by atoms with E-state index in [-0.39, 0.29) is 5.41 Å². The zero-order valence-electron chi connectivity index (χ0n) is 36.8. The molecule has 0 atom stereocenters. The van der Waals surface area contributed by atoms with Gasteiger partial charge in [-0.15, -0.1) is 0 Å². The van der Waals surface area contributed by atoms with E-state index < -0.39 is 5.41 Å². The van der Waals surface area contributed by atoms with Crippen LogP contribution >= 0.6 is 0 Å². The fraction of sp³-hybridized carbons (Fsp3) is 0.0625. The lowest BCUT2D eigenvalue weighted by Crippen LogP contribution is -2.29. The van der Waals surface area contributed by atoms with Crippen molar-refractivity contribution in [3.63, 3.8) is 0 Å². The lowest BCUT2D eigenvalue weighted by atomic mass is 9.66. The highest BCUT2D eigenvalue weighted by molar-refractivity contribution is 6.07. The molecule has 13 rings (SSSR count). The molecule has 0 saturated carbocycles. The normalized spacial score (nSPS) is 13.8. The Morgan fingerprint density at radius 2 is 0.909 bits per heavy atom. The van der Waals surface area contributed by atoms with Crippen LogP contribution in [0.25, 0.3) is 88.8 Å². The zero-order valence-corrected chi connectivity index (χ0v) is 36.8. The largest absolute Gasteiger partial charge is 0.228 e. The number of hydrogen-bond donors (Lipinski definition) is 0. The van der Waals surface area contributed by atoms with E-state index in [1.807, 2.05) is 0 Å². The molecule has 2 nitrogen and oxygen atoms in total. The second-order valence-electron chi connectivity index (χ2n) is 18.4. The molecule has 0 N–H and O–H groups in total. The van der Waals surface area contributed by atoms with Crippen LogP contribution in [0.3, 0.4) is 0 Å². The predicted molar refractivity (Wildman–Crippen MR) is 274 cm³/mol. The Morgan fingerprint density at radius 1 is 0.333 bits per heavy atom. The first-order chi connectivity index (χ1) is 32.5. The van der Waals surface area contributed by atoms with Crippen molar-refractivity contribution >= 4 is 21.5 Å². The first-order valence-corrected chi connectivity index (χ1v) is 23.0. The average Bonchev–Trinajstić information content (AvgIpc) is 3.82. The van der Waals surface area contributed by atoms with Crippen LogP contribution in [0.1, 0.15) is 47.2 Å². The number of benzene rings is 10. The number of fused-ring (bicyclic) bond motifs is 9. The molecule has 0 unspecified atom stereocenters. The van der Waals surface area contributed by atoms with Crippen molar-refractivity contribution in [1.29, 1.82) is 0 Å². The molecule has 0 fully saturated rings. The van der Waals surface area contributed by atoms with Gasteiger partial charge < -0.3 is 0 Å². The van der Waals surface area contributed by atoms with Crippen molar-refractivity contribution in [1.82, 2.24) is 9.97 Å². The van der Waals surface area contributed by atoms with Gasteiger partial charge in [0.25, 0.3) is 0 Å². The van der Waals surface area contributed by atoms with Gasteiger partial charge in [-0.1, -0.05) is 226 Å². The number of hydrogen-bond acceptors (Lipinski definition) is 2. The molecule has 0 aliphatic heterocycles. The van der Waals surface area contributed by atoms with Gasteiger partial charge in [-0.3, -0.25) is 0 Å². The Hall–Kier alpha value is -8.20. The molecule has 2 heteroatoms. The third-order valence-electron chi connectivity index (χ3n) is 14.6. The van der Waals surface area contributed by atoms with Gasteiger partial charge in [0.15, 0.2) is 5.82 Å². The summed E-state index contributed by atoms with van der Waals surface area (Å²) in [6, 6.07) is 84.3. The van der Waals surface area contributed by atoms with Crippen LogP contribution < -0.4 is 0 Å². The van der Waals surface area contributed by atoms with E-state index in [0.717, 1.165) is 33.5 Å². The molecule has 1 aromatic heterocycles. The highest BCUT2D eigenvalue weighted by atomic mass is 14.9. The minimum atomic E-state index is -0.588. The minimum absolute atomic E-state index is 0.0957. The van der Waals surface area contributed by atoms with Crippen LogP contribution in [-0.4, -0.2) is 9.97 Å². The summed E-state index contributed by atoms with van der Waals surface area (Å²) in [5.74, 6) is 0.698. The second kappa shape index (κ2) is 14.7. The summed E-state index contributed by atoms with van der Waals surface area (Å²) in [6.07, 6.45) is 0. The van der Waals surface area contributed by atoms with Gasteiger partial charge in [-0.05, 0) is 107 Å². The summed E-state index contributed by atoms with van der Waals surface area (Å²) in [7, 11) is 0. The fourth-order valence-corrected chi connectivity index (χ4v) is 11.6. The first kappa shape index (κ1) is 38.3. The molecular weight excluding hydrogens is 797 g/mol. The smallest absolute Gasteiger partial charge is 0.161 e. The van der Waals surface area contributed by atoms with Crippen molar-refractivity contribution in [2.75, 3.05) is 0 Å². The topological polar surface area (TPSA) is 25.8 Å². The van der Waals surface area contributed by atoms with Gasteiger partial charge in [0.2, 0.25) is 0 Å². The highest BCUT2D eigenvalue weighted by Gasteiger charge is 2.47. The SMILES string of the molecule is CC1(C)c2ccc(-c3ccc(-c4nc(-c5ccccc5)cc(-c5cccc6c5C(c5ccccc5)(c5ccccc5)c5ccccc5-6)n4)c4ccccc34)cc2-c2c1ccc1ccccc21. The van der Waals surface area contributed by atoms with E-state index in [1.165, 1.54) is 82.9 Å². The van der Waals surface area contributed by atoms with E-state index in [4.69, 9.17) is 9.97 Å². The van der Waals surface area contributed by atoms with Crippen molar-refractivity contribution in [2.45, 2.75) is 24.7 Å². The Labute approximate surface area is 385 Å². The van der Waals surface area contributed by atoms with Crippen LogP contribution in [0.15, 0.2) is 231 Å². The molecule has 2 aliphatic carbocycles. The average molecular weight is 841 g/mol. The lowest BCUT2D eigenvalue weighted by Gasteiger charge is -2.35. The Morgan fingerprint density at radius 3 is 1.67 bits per heavy atom. The molecule has 0 spiro atoms. The molecule has 10 aromatic carbocycles. The number of rotatable bonds is 6. The fourth-order valence-electron chi connectivity index (χ4n) is 11.6. The van der Waals surface area contributed by atoms with Crippen LogP contribution in [0.2, 0.25) is 0 Å². The summed E-state index contributed by atoms with van der Waals surface area (Å²) in [5.41, 5.74) is 19.5. The molecule has 310 valence electrons. The number of nitrogens with zero attached hydrogens (tertiary/aromatic N) is 2. The van der Waals surface area contributed by atoms with Gasteiger partial charge in [0.1, 0.15) is 0 Å². The van der Waals surface area contributed by atoms with Crippen molar-refractivity contribution < 1.29 is 0 Å². The molecule has 0 amide bonds. The molecule has 11 aromatic rings. The summed E-state index contributed by atoms with van der Waals surface area (Å²) < 4.78 is 0. The Balaban J connectivity index is 1.03. The molecule has 0 radical (unpaired) electrons. The molecule has 1 heterocycles. The van der Waals surface area contributed by atoms with Gasteiger partial charge in [-0.25, -0.2) is 9.97 Å². The maximum Gasteiger partial charge on any atom is 0.161 e. The highest BCUT2D eigenvalue weighted by Crippen LogP contribution is 2.59. The van der Waals surface area contributed by atoms with E-state index >= 15 is 0 Å². The van der Waals surface area contributed by atoms with Crippen LogP contribution in [0, 0.1) is 0 Å². The van der Waals surface area contributed by atoms with Crippen LogP contribution in [0.4, 0.5) is 0 Å². The van der Waals surface area contributed by atoms with Crippen molar-refractivity contribution in [2.24, 2.45) is 0 Å². The lowest BCUT2D eigenvalue weighted by molar-refractivity contribution is 0.661. The third-order valence-corrected chi connectivity index (χ3v) is 14.6. The van der Waals surface area contributed by atoms with Crippen molar-refractivity contribution in [3.8, 4) is 67.3 Å². The summed E-state index contributed by atoms with van der Waals surface area (Å²) >= 11 is 0. The minimum Gasteiger partial charge on any atom is -0.228 e. The number of aromatic nitrogens is 2. The second-order valence-corrected chi connectivity index (χ2v) is 18.4. The van der Waals surface area contributed by atoms with E-state index in [2.05, 4.69) is 244 Å². The quantitative estimate of drug-likeness (QED) is 0.167. The first-order valence-electron chi connectivity index (χ1n) is 23.0. The molecule has 0 bridgehead atoms. The van der Waals surface area contributed by atoms with E-state index in [9.17, 15) is 0 Å². The summed E-state index contributed by atoms with van der Waals surface area (Å²) in [5, 5.41) is 4.87. The van der Waals surface area contributed by atoms with Gasteiger partial charge in [0.05, 0.1) is 16.8 Å². The Kier molecular flexibility index (Phi) is 8.51. The van der Waals surface area contributed by atoms with Crippen molar-refractivity contribution in [3.05, 3.63) is 264 Å². The maximum absolute atomic E-state index is 5.65. The van der Waals surface area contributed by atoms with Gasteiger partial charge in [-0.2, -0.15) is 0 Å². The van der Waals surface area contributed by atoms with Gasteiger partial charge >= 0.3 is 0 Å². The van der Waals surface area contributed by atoms with Gasteiger partial charge in [0, 0.05) is 22.1 Å². The molecular formula is C64H44N2. The third kappa shape index (κ3) is 5.55. The standard InChI is InChI=1S/C64H44N2/c1-63(2)55-37-34-43(39-54(55)60-47-26-13-12-19-41(47)33-38-57(60)63)46-35-36-52(49-28-15-14-27-48(46)49)62-65-58(42-20-6-3-7-21-42)40-59(66-62)53-31-18-30-51-50-29-16-17-32-56(50)64(61(51)53,44-22-8-4-9-23-44)45-24-10-5-11-25-45/h3-40H,1-2H3. The predicted octanol–water partition coefficient (Wildman–Crippen LogP) is 16.1. The van der Waals surface area contributed by atoms with Crippen LogP contribution in [0.5, 0.6) is 0 Å². The van der Waals surface area contributed by atoms with Crippen LogP contribution in [-0.2, 0) is 10.8 Å². The maximum atomic E-state index is 5.65. The zero-order chi connectivity index (χ0) is 44.0. The molecule has 2 aliphatic rings. The summed E-state index contributed by atoms with van der Waals surface area (Å²) in [6.45, 7) is 4.72. The van der Waals surface area contributed by atoms with E-state index in [0.29, 0.717) is 5.82 Å². The molecule has 0 saturated heterocycles. The monoisotopic (exact) mass is 840 g/mol. The van der Waals surface area contributed by atoms with E-state index in [1.54, 1.807) is 0 Å². The summed E-state index contributed by atoms with van der Waals surface area (Å²) in [4.78, 5) is 11.1.